The molecule has 1 aliphatic rings. The van der Waals surface area contributed by atoms with E-state index in [1.54, 1.807) is 0 Å². The summed E-state index contributed by atoms with van der Waals surface area (Å²) in [6.45, 7) is 5.22. The van der Waals surface area contributed by atoms with E-state index in [0.29, 0.717) is 0 Å². The molecule has 8 heavy (non-hydrogen) atoms. The van der Waals surface area contributed by atoms with Crippen LogP contribution in [0.2, 0.25) is 0 Å². The molecule has 1 aliphatic carbocycles. The predicted octanol–water partition coefficient (Wildman–Crippen LogP) is 0.644. The Morgan fingerprint density at radius 1 is 1.62 bits per heavy atom. The molecule has 0 amide bonds. The second-order valence-corrected chi connectivity index (χ2v) is 2.28. The molecule has 0 saturated heterocycles. The maximum absolute atomic E-state index is 3.67. The summed E-state index contributed by atoms with van der Waals surface area (Å²) in [5.74, 6) is 0.955. The van der Waals surface area contributed by atoms with Crippen LogP contribution in [0, 0.1) is 5.92 Å². The maximum atomic E-state index is 3.67. The van der Waals surface area contributed by atoms with Gasteiger partial charge in [0.15, 0.2) is 0 Å². The SMILES string of the molecule is C=NCNCC1CC1. The first-order chi connectivity index (χ1) is 3.93. The fourth-order valence-corrected chi connectivity index (χ4v) is 0.670. The van der Waals surface area contributed by atoms with Gasteiger partial charge in [-0.15, -0.1) is 0 Å². The number of aliphatic imine (C=N–C) groups is 1. The molecule has 0 aromatic rings. The van der Waals surface area contributed by atoms with Crippen molar-refractivity contribution < 1.29 is 0 Å². The largest absolute Gasteiger partial charge is 0.298 e. The molecule has 0 aliphatic heterocycles. The first kappa shape index (κ1) is 5.76. The van der Waals surface area contributed by atoms with Crippen LogP contribution in [0.25, 0.3) is 0 Å². The molecule has 0 radical (unpaired) electrons. The van der Waals surface area contributed by atoms with E-state index in [-0.39, 0.29) is 0 Å². The van der Waals surface area contributed by atoms with E-state index >= 15 is 0 Å². The van der Waals surface area contributed by atoms with Crippen molar-refractivity contribution in [2.75, 3.05) is 13.2 Å². The van der Waals surface area contributed by atoms with Crippen LogP contribution in [0.1, 0.15) is 12.8 Å². The van der Waals surface area contributed by atoms with Gasteiger partial charge in [-0.1, -0.05) is 0 Å². The second-order valence-electron chi connectivity index (χ2n) is 2.28. The lowest BCUT2D eigenvalue weighted by molar-refractivity contribution is 0.654. The lowest BCUT2D eigenvalue weighted by atomic mass is 10.4. The van der Waals surface area contributed by atoms with Crippen molar-refractivity contribution in [1.29, 1.82) is 0 Å². The number of rotatable bonds is 4. The van der Waals surface area contributed by atoms with Crippen LogP contribution in [0.15, 0.2) is 4.99 Å². The van der Waals surface area contributed by atoms with Crippen LogP contribution < -0.4 is 5.32 Å². The Morgan fingerprint density at radius 2 is 2.38 bits per heavy atom. The zero-order chi connectivity index (χ0) is 5.82. The summed E-state index contributed by atoms with van der Waals surface area (Å²) in [5.41, 5.74) is 0. The van der Waals surface area contributed by atoms with Crippen LogP contribution in [-0.2, 0) is 0 Å². The highest BCUT2D eigenvalue weighted by molar-refractivity contribution is 5.22. The minimum atomic E-state index is 0.719. The Bertz CT molecular complexity index is 76.6. The van der Waals surface area contributed by atoms with Gasteiger partial charge < -0.3 is 0 Å². The molecular formula is C6H12N2. The smallest absolute Gasteiger partial charge is 0.0877 e. The monoisotopic (exact) mass is 112 g/mol. The van der Waals surface area contributed by atoms with E-state index in [9.17, 15) is 0 Å². The third-order valence-corrected chi connectivity index (χ3v) is 1.35. The zero-order valence-corrected chi connectivity index (χ0v) is 5.06. The van der Waals surface area contributed by atoms with Crippen molar-refractivity contribution in [3.63, 3.8) is 0 Å². The van der Waals surface area contributed by atoms with E-state index in [4.69, 9.17) is 0 Å². The topological polar surface area (TPSA) is 24.4 Å². The Kier molecular flexibility index (Phi) is 2.03. The Labute approximate surface area is 50.0 Å². The molecular weight excluding hydrogens is 100 g/mol. The molecule has 0 heterocycles. The molecule has 46 valence electrons. The quantitative estimate of drug-likeness (QED) is 0.419. The van der Waals surface area contributed by atoms with E-state index in [1.165, 1.54) is 12.8 Å². The summed E-state index contributed by atoms with van der Waals surface area (Å²) in [6, 6.07) is 0. The molecule has 0 unspecified atom stereocenters. The summed E-state index contributed by atoms with van der Waals surface area (Å²) < 4.78 is 0. The van der Waals surface area contributed by atoms with Crippen molar-refractivity contribution in [3.8, 4) is 0 Å². The van der Waals surface area contributed by atoms with Gasteiger partial charge in [0.2, 0.25) is 0 Å². The van der Waals surface area contributed by atoms with Crippen molar-refractivity contribution >= 4 is 6.72 Å². The second kappa shape index (κ2) is 2.82. The molecule has 0 atom stereocenters. The number of nitrogens with one attached hydrogen (secondary N) is 1. The highest BCUT2D eigenvalue weighted by Gasteiger charge is 2.19. The van der Waals surface area contributed by atoms with Gasteiger partial charge in [0.05, 0.1) is 6.67 Å². The molecule has 1 rings (SSSR count). The molecule has 1 fully saturated rings. The minimum Gasteiger partial charge on any atom is -0.298 e. The van der Waals surface area contributed by atoms with Crippen LogP contribution in [0.4, 0.5) is 0 Å². The van der Waals surface area contributed by atoms with Crippen molar-refractivity contribution in [2.24, 2.45) is 10.9 Å². The number of nitrogens with zero attached hydrogens (tertiary/aromatic N) is 1. The molecule has 1 saturated carbocycles. The van der Waals surface area contributed by atoms with E-state index < -0.39 is 0 Å². The Balaban J connectivity index is 1.80. The van der Waals surface area contributed by atoms with Gasteiger partial charge in [-0.2, -0.15) is 0 Å². The van der Waals surface area contributed by atoms with Gasteiger partial charge in [-0.25, -0.2) is 0 Å². The first-order valence-electron chi connectivity index (χ1n) is 3.06. The van der Waals surface area contributed by atoms with Crippen LogP contribution in [0.3, 0.4) is 0 Å². The molecule has 2 heteroatoms. The highest BCUT2D eigenvalue weighted by Crippen LogP contribution is 2.27. The van der Waals surface area contributed by atoms with Gasteiger partial charge in [-0.3, -0.25) is 10.3 Å². The summed E-state index contributed by atoms with van der Waals surface area (Å²) >= 11 is 0. The molecule has 0 aromatic heterocycles. The Hall–Kier alpha value is -0.370. The van der Waals surface area contributed by atoms with Gasteiger partial charge in [0, 0.05) is 0 Å². The van der Waals surface area contributed by atoms with Crippen LogP contribution >= 0.6 is 0 Å². The van der Waals surface area contributed by atoms with Crippen molar-refractivity contribution in [1.82, 2.24) is 5.32 Å². The summed E-state index contributed by atoms with van der Waals surface area (Å²) in [5, 5.41) is 3.17. The van der Waals surface area contributed by atoms with Crippen molar-refractivity contribution in [2.45, 2.75) is 12.8 Å². The summed E-state index contributed by atoms with van der Waals surface area (Å²) in [6.07, 6.45) is 2.81. The van der Waals surface area contributed by atoms with Gasteiger partial charge in [0.1, 0.15) is 0 Å². The maximum Gasteiger partial charge on any atom is 0.0877 e. The lowest BCUT2D eigenvalue weighted by Gasteiger charge is -1.94. The van der Waals surface area contributed by atoms with E-state index in [1.807, 2.05) is 0 Å². The van der Waals surface area contributed by atoms with E-state index in [2.05, 4.69) is 17.0 Å². The summed E-state index contributed by atoms with van der Waals surface area (Å²) in [7, 11) is 0. The number of hydrogen-bond donors (Lipinski definition) is 1. The van der Waals surface area contributed by atoms with Crippen molar-refractivity contribution in [3.05, 3.63) is 0 Å². The molecule has 2 nitrogen and oxygen atoms in total. The molecule has 0 bridgehead atoms. The molecule has 0 spiro atoms. The highest BCUT2D eigenvalue weighted by atomic mass is 15.0. The average molecular weight is 112 g/mol. The van der Waals surface area contributed by atoms with E-state index in [0.717, 1.165) is 19.1 Å². The van der Waals surface area contributed by atoms with Gasteiger partial charge in [-0.05, 0) is 32.0 Å². The van der Waals surface area contributed by atoms with Gasteiger partial charge >= 0.3 is 0 Å². The average Bonchev–Trinajstić information content (AvgIpc) is 2.51. The molecule has 1 N–H and O–H groups in total. The zero-order valence-electron chi connectivity index (χ0n) is 5.06. The third kappa shape index (κ3) is 2.07. The summed E-state index contributed by atoms with van der Waals surface area (Å²) in [4.78, 5) is 3.67. The van der Waals surface area contributed by atoms with Crippen LogP contribution in [-0.4, -0.2) is 19.9 Å². The fourth-order valence-electron chi connectivity index (χ4n) is 0.670. The normalized spacial score (nSPS) is 18.5. The predicted molar refractivity (Wildman–Crippen MR) is 35.1 cm³/mol. The van der Waals surface area contributed by atoms with Crippen LogP contribution in [0.5, 0.6) is 0 Å². The Morgan fingerprint density at radius 3 is 2.88 bits per heavy atom. The standard InChI is InChI=1S/C6H12N2/c1-7-5-8-4-6-2-3-6/h6,8H,1-5H2. The number of hydrogen-bond acceptors (Lipinski definition) is 2. The first-order valence-corrected chi connectivity index (χ1v) is 3.06. The molecule has 0 aromatic carbocycles. The lowest BCUT2D eigenvalue weighted by Crippen LogP contribution is -2.15. The fraction of sp³-hybridized carbons (Fsp3) is 0.833. The minimum absolute atomic E-state index is 0.719. The third-order valence-electron chi connectivity index (χ3n) is 1.35. The van der Waals surface area contributed by atoms with Gasteiger partial charge in [0.25, 0.3) is 0 Å².